The van der Waals surface area contributed by atoms with E-state index in [1.807, 2.05) is 25.5 Å². The topological polar surface area (TPSA) is 79.6 Å². The van der Waals surface area contributed by atoms with Gasteiger partial charge in [0.25, 0.3) is 0 Å². The number of nitrogens with zero attached hydrogens (tertiary/aromatic N) is 5. The molecule has 0 aliphatic rings. The SMILES string of the molecule is CCOCCCNC(=NCc1nnc(C)n1C)NC(C)CCCN(CC)CC. The van der Waals surface area contributed by atoms with Crippen LogP contribution in [0.5, 0.6) is 0 Å². The van der Waals surface area contributed by atoms with Crippen LogP contribution in [0.3, 0.4) is 0 Å². The Bertz CT molecular complexity index is 555. The van der Waals surface area contributed by atoms with Crippen molar-refractivity contribution in [1.82, 2.24) is 30.3 Å². The zero-order valence-corrected chi connectivity index (χ0v) is 18.8. The van der Waals surface area contributed by atoms with Gasteiger partial charge >= 0.3 is 0 Å². The molecule has 0 aromatic carbocycles. The van der Waals surface area contributed by atoms with Crippen LogP contribution >= 0.6 is 0 Å². The molecule has 0 fully saturated rings. The molecule has 8 heteroatoms. The number of guanidine groups is 1. The number of aromatic nitrogens is 3. The van der Waals surface area contributed by atoms with E-state index in [1.54, 1.807) is 0 Å². The van der Waals surface area contributed by atoms with Gasteiger partial charge in [0.2, 0.25) is 0 Å². The Morgan fingerprint density at radius 2 is 1.96 bits per heavy atom. The molecule has 0 saturated carbocycles. The zero-order valence-electron chi connectivity index (χ0n) is 18.8. The fourth-order valence-corrected chi connectivity index (χ4v) is 2.88. The molecule has 0 radical (unpaired) electrons. The van der Waals surface area contributed by atoms with Gasteiger partial charge in [-0.05, 0) is 59.7 Å². The first kappa shape index (κ1) is 24.4. The van der Waals surface area contributed by atoms with Gasteiger partial charge < -0.3 is 24.8 Å². The first-order valence-corrected chi connectivity index (χ1v) is 10.7. The minimum atomic E-state index is 0.356. The summed E-state index contributed by atoms with van der Waals surface area (Å²) >= 11 is 0. The van der Waals surface area contributed by atoms with Crippen LogP contribution in [0.25, 0.3) is 0 Å². The highest BCUT2D eigenvalue weighted by molar-refractivity contribution is 5.80. The average Bonchev–Trinajstić information content (AvgIpc) is 3.01. The summed E-state index contributed by atoms with van der Waals surface area (Å²) in [6.45, 7) is 16.8. The summed E-state index contributed by atoms with van der Waals surface area (Å²) in [4.78, 5) is 7.18. The molecular weight excluding hydrogens is 354 g/mol. The molecule has 8 nitrogen and oxygen atoms in total. The minimum absolute atomic E-state index is 0.356. The molecule has 0 amide bonds. The third-order valence-corrected chi connectivity index (χ3v) is 4.91. The van der Waals surface area contributed by atoms with Crippen LogP contribution in [0.4, 0.5) is 0 Å². The van der Waals surface area contributed by atoms with Crippen molar-refractivity contribution in [2.24, 2.45) is 12.0 Å². The smallest absolute Gasteiger partial charge is 0.191 e. The standard InChI is InChI=1S/C20H41N7O/c1-7-27(8-2)14-10-12-17(4)23-20(21-13-11-15-28-9-3)22-16-19-25-24-18(5)26(19)6/h17H,7-16H2,1-6H3,(H2,21,22,23). The summed E-state index contributed by atoms with van der Waals surface area (Å²) in [5.41, 5.74) is 0. The van der Waals surface area contributed by atoms with Crippen molar-refractivity contribution >= 4 is 5.96 Å². The highest BCUT2D eigenvalue weighted by atomic mass is 16.5. The number of aryl methyl sites for hydroxylation is 1. The number of hydrogen-bond acceptors (Lipinski definition) is 5. The number of hydrogen-bond donors (Lipinski definition) is 2. The molecule has 1 aromatic heterocycles. The lowest BCUT2D eigenvalue weighted by atomic mass is 10.2. The Morgan fingerprint density at radius 3 is 2.57 bits per heavy atom. The number of aliphatic imine (C=N–C) groups is 1. The third kappa shape index (κ3) is 9.50. The van der Waals surface area contributed by atoms with Crippen molar-refractivity contribution in [3.8, 4) is 0 Å². The maximum absolute atomic E-state index is 5.41. The van der Waals surface area contributed by atoms with Crippen LogP contribution in [-0.2, 0) is 18.3 Å². The van der Waals surface area contributed by atoms with E-state index in [-0.39, 0.29) is 0 Å². The van der Waals surface area contributed by atoms with Gasteiger partial charge in [-0.3, -0.25) is 0 Å². The Kier molecular flexibility index (Phi) is 12.5. The zero-order chi connectivity index (χ0) is 20.8. The third-order valence-electron chi connectivity index (χ3n) is 4.91. The lowest BCUT2D eigenvalue weighted by Crippen LogP contribution is -2.43. The second kappa shape index (κ2) is 14.3. The summed E-state index contributed by atoms with van der Waals surface area (Å²) in [5.74, 6) is 2.59. The van der Waals surface area contributed by atoms with Crippen LogP contribution in [0, 0.1) is 6.92 Å². The second-order valence-electron chi connectivity index (χ2n) is 7.08. The number of ether oxygens (including phenoxy) is 1. The average molecular weight is 396 g/mol. The first-order chi connectivity index (χ1) is 13.5. The fraction of sp³-hybridized carbons (Fsp3) is 0.850. The van der Waals surface area contributed by atoms with E-state index in [0.29, 0.717) is 12.6 Å². The van der Waals surface area contributed by atoms with Gasteiger partial charge in [-0.25, -0.2) is 4.99 Å². The highest BCUT2D eigenvalue weighted by Crippen LogP contribution is 2.02. The predicted octanol–water partition coefficient (Wildman–Crippen LogP) is 2.10. The van der Waals surface area contributed by atoms with E-state index in [4.69, 9.17) is 9.73 Å². The van der Waals surface area contributed by atoms with Crippen molar-refractivity contribution in [3.05, 3.63) is 11.6 Å². The second-order valence-corrected chi connectivity index (χ2v) is 7.08. The van der Waals surface area contributed by atoms with Crippen LogP contribution in [0.2, 0.25) is 0 Å². The van der Waals surface area contributed by atoms with Gasteiger partial charge in [0, 0.05) is 32.8 Å². The number of rotatable bonds is 14. The normalized spacial score (nSPS) is 13.2. The van der Waals surface area contributed by atoms with Crippen molar-refractivity contribution in [2.75, 3.05) is 39.4 Å². The molecule has 0 aliphatic carbocycles. The van der Waals surface area contributed by atoms with Crippen molar-refractivity contribution in [2.45, 2.75) is 66.5 Å². The highest BCUT2D eigenvalue weighted by Gasteiger charge is 2.09. The molecule has 0 bridgehead atoms. The Hall–Kier alpha value is -1.67. The molecular formula is C20H41N7O. The number of nitrogens with one attached hydrogen (secondary N) is 2. The molecule has 1 unspecified atom stereocenters. The summed E-state index contributed by atoms with van der Waals surface area (Å²) in [7, 11) is 1.97. The maximum atomic E-state index is 5.41. The minimum Gasteiger partial charge on any atom is -0.382 e. The van der Waals surface area contributed by atoms with Gasteiger partial charge in [-0.2, -0.15) is 0 Å². The molecule has 28 heavy (non-hydrogen) atoms. The predicted molar refractivity (Wildman–Crippen MR) is 116 cm³/mol. The summed E-state index contributed by atoms with van der Waals surface area (Å²) in [6, 6.07) is 0.356. The van der Waals surface area contributed by atoms with Crippen LogP contribution < -0.4 is 10.6 Å². The molecule has 1 rings (SSSR count). The van der Waals surface area contributed by atoms with Crippen LogP contribution in [0.15, 0.2) is 4.99 Å². The molecule has 0 saturated heterocycles. The van der Waals surface area contributed by atoms with Gasteiger partial charge in [0.1, 0.15) is 12.4 Å². The van der Waals surface area contributed by atoms with E-state index in [0.717, 1.165) is 69.8 Å². The lowest BCUT2D eigenvalue weighted by Gasteiger charge is -2.21. The summed E-state index contributed by atoms with van der Waals surface area (Å²) in [6.07, 6.45) is 3.24. The Labute approximate surface area is 171 Å². The molecule has 1 heterocycles. The lowest BCUT2D eigenvalue weighted by molar-refractivity contribution is 0.145. The van der Waals surface area contributed by atoms with Crippen molar-refractivity contribution < 1.29 is 4.74 Å². The van der Waals surface area contributed by atoms with E-state index in [1.165, 1.54) is 6.42 Å². The summed E-state index contributed by atoms with van der Waals surface area (Å²) in [5, 5.41) is 15.3. The van der Waals surface area contributed by atoms with Gasteiger partial charge in [0.05, 0.1) is 0 Å². The van der Waals surface area contributed by atoms with E-state index < -0.39 is 0 Å². The molecule has 0 spiro atoms. The fourth-order valence-electron chi connectivity index (χ4n) is 2.88. The van der Waals surface area contributed by atoms with Crippen molar-refractivity contribution in [1.29, 1.82) is 0 Å². The molecule has 1 atom stereocenters. The molecule has 162 valence electrons. The molecule has 2 N–H and O–H groups in total. The quantitative estimate of drug-likeness (QED) is 0.285. The van der Waals surface area contributed by atoms with E-state index >= 15 is 0 Å². The maximum Gasteiger partial charge on any atom is 0.191 e. The molecule has 1 aromatic rings. The van der Waals surface area contributed by atoms with Crippen LogP contribution in [0.1, 0.15) is 58.6 Å². The molecule has 0 aliphatic heterocycles. The van der Waals surface area contributed by atoms with Gasteiger partial charge in [-0.1, -0.05) is 13.8 Å². The summed E-state index contributed by atoms with van der Waals surface area (Å²) < 4.78 is 7.39. The van der Waals surface area contributed by atoms with E-state index in [2.05, 4.69) is 46.5 Å². The largest absolute Gasteiger partial charge is 0.382 e. The monoisotopic (exact) mass is 395 g/mol. The Morgan fingerprint density at radius 1 is 1.21 bits per heavy atom. The first-order valence-electron chi connectivity index (χ1n) is 10.7. The Balaban J connectivity index is 2.55. The van der Waals surface area contributed by atoms with Gasteiger partial charge in [0.15, 0.2) is 11.8 Å². The van der Waals surface area contributed by atoms with Gasteiger partial charge in [-0.15, -0.1) is 10.2 Å². The van der Waals surface area contributed by atoms with Crippen molar-refractivity contribution in [3.63, 3.8) is 0 Å². The van der Waals surface area contributed by atoms with E-state index in [9.17, 15) is 0 Å². The van der Waals surface area contributed by atoms with Crippen LogP contribution in [-0.4, -0.2) is 71.1 Å².